The molecule has 0 saturated heterocycles. The zero-order valence-electron chi connectivity index (χ0n) is 9.67. The summed E-state index contributed by atoms with van der Waals surface area (Å²) in [5.74, 6) is 6.09. The molecule has 3 rings (SSSR count). The summed E-state index contributed by atoms with van der Waals surface area (Å²) >= 11 is 0. The fourth-order valence-corrected chi connectivity index (χ4v) is 2.58. The molecule has 5 heteroatoms. The van der Waals surface area contributed by atoms with Crippen molar-refractivity contribution >= 4 is 0 Å². The van der Waals surface area contributed by atoms with E-state index in [1.165, 1.54) is 11.1 Å². The van der Waals surface area contributed by atoms with Gasteiger partial charge in [0.15, 0.2) is 0 Å². The molecule has 1 aliphatic carbocycles. The Morgan fingerprint density at radius 3 is 2.94 bits per heavy atom. The van der Waals surface area contributed by atoms with Gasteiger partial charge in [-0.15, -0.1) is 5.10 Å². The number of rotatable bonds is 3. The lowest BCUT2D eigenvalue weighted by molar-refractivity contribution is 0.397. The Labute approximate surface area is 99.6 Å². The number of hydrogen-bond donors (Lipinski definition) is 2. The minimum Gasteiger partial charge on any atom is -0.271 e. The van der Waals surface area contributed by atoms with Crippen LogP contribution >= 0.6 is 0 Å². The molecule has 1 aliphatic rings. The van der Waals surface area contributed by atoms with Gasteiger partial charge in [0.2, 0.25) is 0 Å². The minimum absolute atomic E-state index is 0.0740. The Balaban J connectivity index is 1.93. The van der Waals surface area contributed by atoms with E-state index in [2.05, 4.69) is 40.0 Å². The quantitative estimate of drug-likeness (QED) is 0.599. The Kier molecular flexibility index (Phi) is 2.42. The van der Waals surface area contributed by atoms with Gasteiger partial charge >= 0.3 is 0 Å². The molecule has 2 aromatic rings. The second-order valence-electron chi connectivity index (χ2n) is 4.44. The fraction of sp³-hybridized carbons (Fsp3) is 0.333. The van der Waals surface area contributed by atoms with E-state index < -0.39 is 0 Å². The van der Waals surface area contributed by atoms with Crippen molar-refractivity contribution in [2.75, 3.05) is 0 Å². The first-order chi connectivity index (χ1) is 8.31. The number of hydrazine groups is 1. The predicted octanol–water partition coefficient (Wildman–Crippen LogP) is 0.659. The second kappa shape index (κ2) is 3.94. The molecule has 17 heavy (non-hydrogen) atoms. The zero-order chi connectivity index (χ0) is 11.8. The van der Waals surface area contributed by atoms with Crippen LogP contribution < -0.4 is 11.3 Å². The van der Waals surface area contributed by atoms with E-state index in [0.29, 0.717) is 5.92 Å². The summed E-state index contributed by atoms with van der Waals surface area (Å²) in [4.78, 5) is 0. The van der Waals surface area contributed by atoms with Crippen molar-refractivity contribution in [1.29, 1.82) is 0 Å². The largest absolute Gasteiger partial charge is 0.271 e. The molecular weight excluding hydrogens is 214 g/mol. The van der Waals surface area contributed by atoms with E-state index in [4.69, 9.17) is 5.84 Å². The van der Waals surface area contributed by atoms with Gasteiger partial charge in [-0.3, -0.25) is 16.0 Å². The zero-order valence-corrected chi connectivity index (χ0v) is 9.67. The topological polar surface area (TPSA) is 68.8 Å². The Hall–Kier alpha value is -1.72. The van der Waals surface area contributed by atoms with Crippen LogP contribution in [0.5, 0.6) is 0 Å². The number of fused-ring (bicyclic) bond motifs is 1. The third kappa shape index (κ3) is 1.55. The maximum atomic E-state index is 5.68. The molecule has 0 radical (unpaired) electrons. The SMILES string of the molecule is Cn1nncc1C(NN)C1Cc2ccccc21. The molecule has 5 nitrogen and oxygen atoms in total. The van der Waals surface area contributed by atoms with Gasteiger partial charge in [-0.1, -0.05) is 29.5 Å². The van der Waals surface area contributed by atoms with E-state index in [0.717, 1.165) is 12.1 Å². The number of nitrogens with one attached hydrogen (secondary N) is 1. The summed E-state index contributed by atoms with van der Waals surface area (Å²) < 4.78 is 1.77. The molecule has 0 spiro atoms. The summed E-state index contributed by atoms with van der Waals surface area (Å²) in [5, 5.41) is 7.86. The highest BCUT2D eigenvalue weighted by molar-refractivity contribution is 5.42. The van der Waals surface area contributed by atoms with E-state index in [1.54, 1.807) is 10.9 Å². The van der Waals surface area contributed by atoms with Crippen LogP contribution in [0, 0.1) is 0 Å². The van der Waals surface area contributed by atoms with Gasteiger partial charge in [0.25, 0.3) is 0 Å². The number of nitrogens with zero attached hydrogens (tertiary/aromatic N) is 3. The molecule has 1 aromatic heterocycles. The molecule has 1 aromatic carbocycles. The number of hydrogen-bond acceptors (Lipinski definition) is 4. The Morgan fingerprint density at radius 1 is 1.47 bits per heavy atom. The smallest absolute Gasteiger partial charge is 0.0773 e. The maximum absolute atomic E-state index is 5.68. The van der Waals surface area contributed by atoms with Gasteiger partial charge in [-0.2, -0.15) is 0 Å². The summed E-state index contributed by atoms with van der Waals surface area (Å²) in [5.41, 5.74) is 6.69. The molecule has 0 saturated carbocycles. The molecular formula is C12H15N5. The Bertz CT molecular complexity index is 533. The predicted molar refractivity (Wildman–Crippen MR) is 64.0 cm³/mol. The van der Waals surface area contributed by atoms with Gasteiger partial charge in [0.1, 0.15) is 0 Å². The van der Waals surface area contributed by atoms with Crippen LogP contribution in [0.15, 0.2) is 30.5 Å². The highest BCUT2D eigenvalue weighted by Gasteiger charge is 2.34. The van der Waals surface area contributed by atoms with E-state index in [-0.39, 0.29) is 6.04 Å². The van der Waals surface area contributed by atoms with Crippen LogP contribution in [0.25, 0.3) is 0 Å². The summed E-state index contributed by atoms with van der Waals surface area (Å²) in [6, 6.07) is 8.55. The lowest BCUT2D eigenvalue weighted by Gasteiger charge is -2.35. The van der Waals surface area contributed by atoms with Crippen LogP contribution in [-0.2, 0) is 13.5 Å². The summed E-state index contributed by atoms with van der Waals surface area (Å²) in [6.45, 7) is 0. The van der Waals surface area contributed by atoms with Gasteiger partial charge < -0.3 is 0 Å². The van der Waals surface area contributed by atoms with Crippen molar-refractivity contribution in [3.63, 3.8) is 0 Å². The average Bonchev–Trinajstić information content (AvgIpc) is 2.72. The summed E-state index contributed by atoms with van der Waals surface area (Å²) in [6.07, 6.45) is 2.82. The first kappa shape index (κ1) is 10.4. The van der Waals surface area contributed by atoms with Crippen molar-refractivity contribution in [2.24, 2.45) is 12.9 Å². The molecule has 3 N–H and O–H groups in total. The highest BCUT2D eigenvalue weighted by atomic mass is 15.4. The normalized spacial score (nSPS) is 19.5. The first-order valence-electron chi connectivity index (χ1n) is 5.69. The van der Waals surface area contributed by atoms with Crippen LogP contribution in [0.1, 0.15) is 28.8 Å². The second-order valence-corrected chi connectivity index (χ2v) is 4.44. The van der Waals surface area contributed by atoms with Crippen molar-refractivity contribution in [1.82, 2.24) is 20.4 Å². The molecule has 0 fully saturated rings. The molecule has 2 unspecified atom stereocenters. The van der Waals surface area contributed by atoms with Crippen LogP contribution in [-0.4, -0.2) is 15.0 Å². The minimum atomic E-state index is 0.0740. The van der Waals surface area contributed by atoms with Gasteiger partial charge in [0, 0.05) is 13.0 Å². The number of aryl methyl sites for hydroxylation is 1. The monoisotopic (exact) mass is 229 g/mol. The van der Waals surface area contributed by atoms with E-state index in [9.17, 15) is 0 Å². The van der Waals surface area contributed by atoms with Gasteiger partial charge in [-0.25, -0.2) is 0 Å². The van der Waals surface area contributed by atoms with Crippen molar-refractivity contribution in [3.8, 4) is 0 Å². The molecule has 0 bridgehead atoms. The van der Waals surface area contributed by atoms with Gasteiger partial charge in [0.05, 0.1) is 17.9 Å². The number of aromatic nitrogens is 3. The molecule has 88 valence electrons. The van der Waals surface area contributed by atoms with E-state index >= 15 is 0 Å². The lowest BCUT2D eigenvalue weighted by Crippen LogP contribution is -2.38. The number of nitrogens with two attached hydrogens (primary N) is 1. The Morgan fingerprint density at radius 2 is 2.29 bits per heavy atom. The average molecular weight is 229 g/mol. The number of benzene rings is 1. The molecule has 0 amide bonds. The van der Waals surface area contributed by atoms with E-state index in [1.807, 2.05) is 7.05 Å². The van der Waals surface area contributed by atoms with Crippen molar-refractivity contribution in [2.45, 2.75) is 18.4 Å². The first-order valence-corrected chi connectivity index (χ1v) is 5.69. The molecule has 1 heterocycles. The van der Waals surface area contributed by atoms with Gasteiger partial charge in [-0.05, 0) is 17.5 Å². The van der Waals surface area contributed by atoms with Crippen molar-refractivity contribution < 1.29 is 0 Å². The third-order valence-corrected chi connectivity index (χ3v) is 3.54. The van der Waals surface area contributed by atoms with Crippen molar-refractivity contribution in [3.05, 3.63) is 47.3 Å². The third-order valence-electron chi connectivity index (χ3n) is 3.54. The lowest BCUT2D eigenvalue weighted by atomic mass is 9.73. The fourth-order valence-electron chi connectivity index (χ4n) is 2.58. The maximum Gasteiger partial charge on any atom is 0.0773 e. The highest BCUT2D eigenvalue weighted by Crippen LogP contribution is 2.42. The van der Waals surface area contributed by atoms with Crippen LogP contribution in [0.3, 0.4) is 0 Å². The standard InChI is InChI=1S/C12H15N5/c1-17-11(7-14-16-17)12(15-13)10-6-8-4-2-3-5-9(8)10/h2-5,7,10,12,15H,6,13H2,1H3. The van der Waals surface area contributed by atoms with Crippen LogP contribution in [0.2, 0.25) is 0 Å². The summed E-state index contributed by atoms with van der Waals surface area (Å²) in [7, 11) is 1.89. The molecule has 2 atom stereocenters. The molecule has 0 aliphatic heterocycles. The van der Waals surface area contributed by atoms with Crippen LogP contribution in [0.4, 0.5) is 0 Å².